The molecule has 5 heteroatoms. The predicted molar refractivity (Wildman–Crippen MR) is 79.6 cm³/mol. The molecule has 2 N–H and O–H groups in total. The van der Waals surface area contributed by atoms with Crippen LogP contribution in [0.3, 0.4) is 0 Å². The lowest BCUT2D eigenvalue weighted by molar-refractivity contribution is 0.187. The number of nitrogens with one attached hydrogen (secondary N) is 2. The van der Waals surface area contributed by atoms with Gasteiger partial charge in [0.05, 0.1) is 30.2 Å². The number of halogens is 1. The number of nitrogens with zero attached hydrogens (tertiary/aromatic N) is 1. The van der Waals surface area contributed by atoms with Gasteiger partial charge in [0, 0.05) is 10.5 Å². The number of ether oxygens (including phenoxy) is 1. The first-order valence-corrected chi connectivity index (χ1v) is 7.45. The number of aryl methyl sites for hydroxylation is 1. The molecule has 2 atom stereocenters. The first kappa shape index (κ1) is 13.1. The second-order valence-corrected chi connectivity index (χ2v) is 5.96. The quantitative estimate of drug-likeness (QED) is 0.913. The maximum atomic E-state index is 5.59. The second-order valence-electron chi connectivity index (χ2n) is 5.05. The van der Waals surface area contributed by atoms with Crippen molar-refractivity contribution in [1.82, 2.24) is 15.3 Å². The molecule has 1 aliphatic rings. The SMILES string of the molecule is CCNC1COCC1c1nc2c(C)cc(Br)cc2[nH]1. The largest absolute Gasteiger partial charge is 0.379 e. The van der Waals surface area contributed by atoms with E-state index in [1.54, 1.807) is 0 Å². The highest BCUT2D eigenvalue weighted by Crippen LogP contribution is 2.28. The second kappa shape index (κ2) is 5.23. The van der Waals surface area contributed by atoms with Crippen molar-refractivity contribution in [1.29, 1.82) is 0 Å². The van der Waals surface area contributed by atoms with Gasteiger partial charge in [-0.15, -0.1) is 0 Å². The molecular formula is C14H18BrN3O. The van der Waals surface area contributed by atoms with Crippen molar-refractivity contribution in [3.63, 3.8) is 0 Å². The summed E-state index contributed by atoms with van der Waals surface area (Å²) in [5.74, 6) is 1.34. The molecular weight excluding hydrogens is 306 g/mol. The minimum atomic E-state index is 0.311. The zero-order valence-corrected chi connectivity index (χ0v) is 12.8. The van der Waals surface area contributed by atoms with Gasteiger partial charge < -0.3 is 15.0 Å². The van der Waals surface area contributed by atoms with Crippen LogP contribution >= 0.6 is 15.9 Å². The molecule has 1 fully saturated rings. The van der Waals surface area contributed by atoms with Crippen molar-refractivity contribution in [3.8, 4) is 0 Å². The Bertz CT molecular complexity index is 596. The summed E-state index contributed by atoms with van der Waals surface area (Å²) in [4.78, 5) is 8.22. The fourth-order valence-corrected chi connectivity index (χ4v) is 3.30. The molecule has 0 amide bonds. The Labute approximate surface area is 121 Å². The van der Waals surface area contributed by atoms with Crippen LogP contribution in [0.15, 0.2) is 16.6 Å². The van der Waals surface area contributed by atoms with Crippen LogP contribution in [0.5, 0.6) is 0 Å². The van der Waals surface area contributed by atoms with Gasteiger partial charge in [-0.2, -0.15) is 0 Å². The van der Waals surface area contributed by atoms with Crippen LogP contribution in [0.1, 0.15) is 24.2 Å². The molecule has 1 aromatic heterocycles. The minimum Gasteiger partial charge on any atom is -0.379 e. The van der Waals surface area contributed by atoms with E-state index in [0.717, 1.165) is 41.1 Å². The fourth-order valence-electron chi connectivity index (χ4n) is 2.73. The van der Waals surface area contributed by atoms with Crippen LogP contribution in [-0.4, -0.2) is 35.8 Å². The molecule has 2 aromatic rings. The summed E-state index contributed by atoms with van der Waals surface area (Å²) in [6.07, 6.45) is 0. The molecule has 4 nitrogen and oxygen atoms in total. The van der Waals surface area contributed by atoms with Gasteiger partial charge in [-0.3, -0.25) is 0 Å². The normalized spacial score (nSPS) is 23.3. The zero-order chi connectivity index (χ0) is 13.4. The number of likely N-dealkylation sites (N-methyl/N-ethyl adjacent to an activating group) is 1. The Balaban J connectivity index is 1.99. The zero-order valence-electron chi connectivity index (χ0n) is 11.2. The van der Waals surface area contributed by atoms with E-state index in [2.05, 4.69) is 52.2 Å². The van der Waals surface area contributed by atoms with E-state index in [9.17, 15) is 0 Å². The molecule has 3 rings (SSSR count). The Morgan fingerprint density at radius 3 is 3.11 bits per heavy atom. The number of imidazole rings is 1. The smallest absolute Gasteiger partial charge is 0.114 e. The summed E-state index contributed by atoms with van der Waals surface area (Å²) in [5.41, 5.74) is 3.33. The Morgan fingerprint density at radius 2 is 2.32 bits per heavy atom. The summed E-state index contributed by atoms with van der Waals surface area (Å²) >= 11 is 3.53. The molecule has 0 aliphatic carbocycles. The lowest BCUT2D eigenvalue weighted by Crippen LogP contribution is -2.34. The number of rotatable bonds is 3. The topological polar surface area (TPSA) is 49.9 Å². The van der Waals surface area contributed by atoms with Gasteiger partial charge in [0.15, 0.2) is 0 Å². The van der Waals surface area contributed by atoms with Crippen molar-refractivity contribution < 1.29 is 4.74 Å². The molecule has 1 aromatic carbocycles. The number of H-pyrrole nitrogens is 1. The molecule has 0 saturated carbocycles. The van der Waals surface area contributed by atoms with E-state index < -0.39 is 0 Å². The van der Waals surface area contributed by atoms with Crippen LogP contribution in [0.25, 0.3) is 11.0 Å². The molecule has 1 saturated heterocycles. The third-order valence-electron chi connectivity index (χ3n) is 3.66. The third-order valence-corrected chi connectivity index (χ3v) is 4.12. The number of hydrogen-bond acceptors (Lipinski definition) is 3. The van der Waals surface area contributed by atoms with E-state index in [1.165, 1.54) is 5.56 Å². The van der Waals surface area contributed by atoms with Crippen LogP contribution in [0.4, 0.5) is 0 Å². The number of hydrogen-bond donors (Lipinski definition) is 2. The first-order chi connectivity index (χ1) is 9.19. The summed E-state index contributed by atoms with van der Waals surface area (Å²) in [7, 11) is 0. The van der Waals surface area contributed by atoms with Crippen molar-refractivity contribution >= 4 is 27.0 Å². The standard InChI is InChI=1S/C14H18BrN3O/c1-3-16-12-7-19-6-10(12)14-17-11-5-9(15)4-8(2)13(11)18-14/h4-5,10,12,16H,3,6-7H2,1-2H3,(H,17,18). The Morgan fingerprint density at radius 1 is 1.47 bits per heavy atom. The lowest BCUT2D eigenvalue weighted by atomic mass is 10.0. The highest BCUT2D eigenvalue weighted by Gasteiger charge is 2.31. The molecule has 2 unspecified atom stereocenters. The van der Waals surface area contributed by atoms with Gasteiger partial charge in [-0.25, -0.2) is 4.98 Å². The number of aromatic nitrogens is 2. The average Bonchev–Trinajstić information content (AvgIpc) is 2.95. The highest BCUT2D eigenvalue weighted by molar-refractivity contribution is 9.10. The van der Waals surface area contributed by atoms with Crippen molar-refractivity contribution in [2.24, 2.45) is 0 Å². The van der Waals surface area contributed by atoms with E-state index in [0.29, 0.717) is 12.0 Å². The summed E-state index contributed by atoms with van der Waals surface area (Å²) in [6.45, 7) is 6.66. The van der Waals surface area contributed by atoms with Crippen molar-refractivity contribution in [2.75, 3.05) is 19.8 Å². The van der Waals surface area contributed by atoms with Gasteiger partial charge in [0.2, 0.25) is 0 Å². The number of fused-ring (bicyclic) bond motifs is 1. The van der Waals surface area contributed by atoms with Gasteiger partial charge in [0.1, 0.15) is 5.82 Å². The van der Waals surface area contributed by atoms with Gasteiger partial charge >= 0.3 is 0 Å². The van der Waals surface area contributed by atoms with E-state index in [-0.39, 0.29) is 0 Å². The van der Waals surface area contributed by atoms with Crippen LogP contribution in [-0.2, 0) is 4.74 Å². The van der Waals surface area contributed by atoms with Gasteiger partial charge in [-0.05, 0) is 31.2 Å². The average molecular weight is 324 g/mol. The fraction of sp³-hybridized carbons (Fsp3) is 0.500. The van der Waals surface area contributed by atoms with Gasteiger partial charge in [-0.1, -0.05) is 22.9 Å². The Kier molecular flexibility index (Phi) is 3.60. The molecule has 0 spiro atoms. The van der Waals surface area contributed by atoms with Crippen molar-refractivity contribution in [3.05, 3.63) is 28.0 Å². The van der Waals surface area contributed by atoms with Crippen LogP contribution in [0, 0.1) is 6.92 Å². The number of benzene rings is 1. The summed E-state index contributed by atoms with van der Waals surface area (Å²) in [5, 5.41) is 3.47. The molecule has 1 aliphatic heterocycles. The summed E-state index contributed by atoms with van der Waals surface area (Å²) < 4.78 is 6.68. The maximum absolute atomic E-state index is 5.59. The Hall–Kier alpha value is -0.910. The molecule has 102 valence electrons. The monoisotopic (exact) mass is 323 g/mol. The van der Waals surface area contributed by atoms with E-state index >= 15 is 0 Å². The molecule has 2 heterocycles. The molecule has 0 radical (unpaired) electrons. The van der Waals surface area contributed by atoms with Crippen LogP contribution in [0.2, 0.25) is 0 Å². The first-order valence-electron chi connectivity index (χ1n) is 6.66. The highest BCUT2D eigenvalue weighted by atomic mass is 79.9. The molecule has 0 bridgehead atoms. The van der Waals surface area contributed by atoms with E-state index in [4.69, 9.17) is 9.72 Å². The minimum absolute atomic E-state index is 0.311. The predicted octanol–water partition coefficient (Wildman–Crippen LogP) is 2.73. The molecule has 19 heavy (non-hydrogen) atoms. The maximum Gasteiger partial charge on any atom is 0.114 e. The van der Waals surface area contributed by atoms with Gasteiger partial charge in [0.25, 0.3) is 0 Å². The van der Waals surface area contributed by atoms with Crippen molar-refractivity contribution in [2.45, 2.75) is 25.8 Å². The van der Waals surface area contributed by atoms with Crippen LogP contribution < -0.4 is 5.32 Å². The lowest BCUT2D eigenvalue weighted by Gasteiger charge is -2.15. The summed E-state index contributed by atoms with van der Waals surface area (Å²) in [6, 6.07) is 4.53. The number of aromatic amines is 1. The third kappa shape index (κ3) is 2.42. The van der Waals surface area contributed by atoms with E-state index in [1.807, 2.05) is 0 Å².